The molecule has 1 aromatic heterocycles. The first-order valence-corrected chi connectivity index (χ1v) is 10.5. The van der Waals surface area contributed by atoms with E-state index in [2.05, 4.69) is 20.6 Å². The number of rotatable bonds is 8. The fourth-order valence-corrected chi connectivity index (χ4v) is 4.56. The molecule has 0 bridgehead atoms. The van der Waals surface area contributed by atoms with Crippen molar-refractivity contribution in [3.8, 4) is 0 Å². The molecule has 0 aromatic carbocycles. The molecule has 0 aliphatic carbocycles. The molecular weight excluding hydrogens is 409 g/mol. The number of amides is 1. The molecule has 1 amide bonds. The summed E-state index contributed by atoms with van der Waals surface area (Å²) >= 11 is 0. The average molecular weight is 434 g/mol. The van der Waals surface area contributed by atoms with Crippen LogP contribution in [0.1, 0.15) is 11.9 Å². The van der Waals surface area contributed by atoms with Gasteiger partial charge in [-0.3, -0.25) is 9.36 Å². The number of hydrogen-bond donors (Lipinski definition) is 8. The van der Waals surface area contributed by atoms with Gasteiger partial charge in [0.05, 0.1) is 12.9 Å². The Morgan fingerprint density at radius 2 is 2.24 bits per heavy atom. The molecule has 2 aliphatic rings. The highest BCUT2D eigenvalue weighted by molar-refractivity contribution is 7.59. The molecule has 10 N–H and O–H groups in total. The highest BCUT2D eigenvalue weighted by atomic mass is 31.2. The zero-order chi connectivity index (χ0) is 21.2. The van der Waals surface area contributed by atoms with Gasteiger partial charge in [0.1, 0.15) is 36.7 Å². The highest BCUT2D eigenvalue weighted by Gasteiger charge is 2.62. The third-order valence-electron chi connectivity index (χ3n) is 4.57. The third kappa shape index (κ3) is 4.49. The van der Waals surface area contributed by atoms with Gasteiger partial charge in [0.15, 0.2) is 12.3 Å². The van der Waals surface area contributed by atoms with Crippen LogP contribution in [-0.2, 0) is 14.3 Å². The van der Waals surface area contributed by atoms with E-state index in [1.165, 1.54) is 10.9 Å². The van der Waals surface area contributed by atoms with Crippen LogP contribution in [-0.4, -0.2) is 91.9 Å². The number of fused-ring (bicyclic) bond motifs is 1. The molecular formula is C14H25N7O7P+. The Balaban J connectivity index is 1.90. The van der Waals surface area contributed by atoms with E-state index in [0.29, 0.717) is 11.5 Å². The van der Waals surface area contributed by atoms with Crippen LogP contribution in [0.4, 0.5) is 5.82 Å². The first kappa shape index (κ1) is 21.8. The number of aliphatic imine (C=N–C) groups is 1. The first-order valence-electron chi connectivity index (χ1n) is 8.80. The van der Waals surface area contributed by atoms with Gasteiger partial charge < -0.3 is 36.7 Å². The summed E-state index contributed by atoms with van der Waals surface area (Å²) < 4.78 is 12.8. The van der Waals surface area contributed by atoms with E-state index < -0.39 is 51.2 Å². The predicted octanol–water partition coefficient (Wildman–Crippen LogP) is -3.57. The van der Waals surface area contributed by atoms with Crippen LogP contribution in [0, 0.1) is 0 Å². The standard InChI is InChI=1S/C14H24N7O7P/c15-1-2-17-8(23)4-27-10-11(29(24,25)26)7(3-22)28-14(10)21-6-20-9-12(16)18-5-19-13(9)21/h6-7,10-11,14,22,24-26H,1-5,15H2,(H3-,16,17,18,19,23)/p+1/t7-,10+,11?,14-/m1/s1. The van der Waals surface area contributed by atoms with Crippen molar-refractivity contribution < 1.29 is 34.1 Å². The maximum atomic E-state index is 11.9. The van der Waals surface area contributed by atoms with Crippen molar-refractivity contribution in [2.45, 2.75) is 24.1 Å². The number of imidazole rings is 1. The predicted molar refractivity (Wildman–Crippen MR) is 102 cm³/mol. The fraction of sp³-hybridized carbons (Fsp3) is 0.643. The minimum atomic E-state index is -4.52. The molecule has 14 nitrogen and oxygen atoms in total. The molecule has 1 aromatic rings. The average Bonchev–Trinajstić information content (AvgIpc) is 3.26. The highest BCUT2D eigenvalue weighted by Crippen LogP contribution is 2.58. The summed E-state index contributed by atoms with van der Waals surface area (Å²) in [6.07, 6.45) is -2.01. The second kappa shape index (κ2) is 8.85. The van der Waals surface area contributed by atoms with Gasteiger partial charge >= 0.3 is 7.94 Å². The summed E-state index contributed by atoms with van der Waals surface area (Å²) in [6, 6.07) is 0. The lowest BCUT2D eigenvalue weighted by Crippen LogP contribution is -2.40. The molecule has 1 saturated heterocycles. The SMILES string of the molecule is NCCNC(=O)CO[C@H]1C([P+](O)(O)O)[C@@H](CO)O[C@H]1n1cnc2c1NCN=C2N. The first-order chi connectivity index (χ1) is 13.8. The molecule has 3 heterocycles. The van der Waals surface area contributed by atoms with Gasteiger partial charge in [0.25, 0.3) is 0 Å². The normalized spacial score (nSPS) is 26.6. The molecule has 4 atom stereocenters. The van der Waals surface area contributed by atoms with Crippen LogP contribution in [0.25, 0.3) is 0 Å². The second-order valence-electron chi connectivity index (χ2n) is 6.49. The lowest BCUT2D eigenvalue weighted by atomic mass is 10.2. The number of nitrogens with one attached hydrogen (secondary N) is 2. The maximum Gasteiger partial charge on any atom is 0.412 e. The topological polar surface area (TPSA) is 223 Å². The van der Waals surface area contributed by atoms with E-state index in [9.17, 15) is 24.6 Å². The van der Waals surface area contributed by atoms with E-state index in [1.807, 2.05) is 0 Å². The Morgan fingerprint density at radius 3 is 2.90 bits per heavy atom. The van der Waals surface area contributed by atoms with Gasteiger partial charge in [-0.1, -0.05) is 0 Å². The van der Waals surface area contributed by atoms with E-state index in [1.54, 1.807) is 0 Å². The van der Waals surface area contributed by atoms with Crippen molar-refractivity contribution in [1.29, 1.82) is 0 Å². The Bertz CT molecular complexity index is 768. The number of hydrogen-bond acceptors (Lipinski definition) is 12. The Morgan fingerprint density at radius 1 is 1.48 bits per heavy atom. The lowest BCUT2D eigenvalue weighted by molar-refractivity contribution is -0.130. The van der Waals surface area contributed by atoms with Gasteiger partial charge in [0, 0.05) is 13.1 Å². The molecule has 15 heteroatoms. The van der Waals surface area contributed by atoms with Crippen molar-refractivity contribution >= 4 is 25.5 Å². The van der Waals surface area contributed by atoms with Crippen molar-refractivity contribution in [3.63, 3.8) is 0 Å². The number of anilines is 1. The summed E-state index contributed by atoms with van der Waals surface area (Å²) in [5.41, 5.74) is 10.2. The van der Waals surface area contributed by atoms with Crippen molar-refractivity contribution in [2.24, 2.45) is 16.5 Å². The molecule has 162 valence electrons. The Hall–Kier alpha value is -1.90. The number of aromatic nitrogens is 2. The van der Waals surface area contributed by atoms with E-state index in [0.717, 1.165) is 0 Å². The Kier molecular flexibility index (Phi) is 6.65. The van der Waals surface area contributed by atoms with Crippen LogP contribution in [0.3, 0.4) is 0 Å². The molecule has 1 unspecified atom stereocenters. The summed E-state index contributed by atoms with van der Waals surface area (Å²) in [4.78, 5) is 49.9. The van der Waals surface area contributed by atoms with E-state index in [4.69, 9.17) is 20.9 Å². The molecule has 1 fully saturated rings. The van der Waals surface area contributed by atoms with Crippen molar-refractivity contribution in [3.05, 3.63) is 12.0 Å². The summed E-state index contributed by atoms with van der Waals surface area (Å²) in [6.45, 7) is -0.395. The number of nitrogens with zero attached hydrogens (tertiary/aromatic N) is 3. The zero-order valence-corrected chi connectivity index (χ0v) is 16.3. The second-order valence-corrected chi connectivity index (χ2v) is 8.32. The minimum Gasteiger partial charge on any atom is -0.394 e. The molecule has 3 rings (SSSR count). The summed E-state index contributed by atoms with van der Waals surface area (Å²) in [5, 5.41) is 15.1. The van der Waals surface area contributed by atoms with Gasteiger partial charge in [-0.05, 0) is 0 Å². The van der Waals surface area contributed by atoms with Crippen LogP contribution >= 0.6 is 7.94 Å². The zero-order valence-electron chi connectivity index (χ0n) is 15.4. The minimum absolute atomic E-state index is 0.189. The molecule has 0 spiro atoms. The summed E-state index contributed by atoms with van der Waals surface area (Å²) in [5.74, 6) is 0.164. The monoisotopic (exact) mass is 434 g/mol. The van der Waals surface area contributed by atoms with Gasteiger partial charge in [-0.15, -0.1) is 0 Å². The quantitative estimate of drug-likeness (QED) is 0.187. The summed E-state index contributed by atoms with van der Waals surface area (Å²) in [7, 11) is -4.52. The fourth-order valence-electron chi connectivity index (χ4n) is 3.32. The van der Waals surface area contributed by atoms with Crippen molar-refractivity contribution in [1.82, 2.24) is 14.9 Å². The number of carbonyl (C=O) groups is 1. The number of carbonyl (C=O) groups excluding carboxylic acids is 1. The van der Waals surface area contributed by atoms with E-state index >= 15 is 0 Å². The number of nitrogens with two attached hydrogens (primary N) is 2. The molecule has 2 aliphatic heterocycles. The lowest BCUT2D eigenvalue weighted by Gasteiger charge is -2.25. The maximum absolute atomic E-state index is 11.9. The van der Waals surface area contributed by atoms with E-state index in [-0.39, 0.29) is 25.6 Å². The van der Waals surface area contributed by atoms with Crippen LogP contribution in [0.15, 0.2) is 11.3 Å². The number of ether oxygens (including phenoxy) is 2. The van der Waals surface area contributed by atoms with Crippen LogP contribution < -0.4 is 22.1 Å². The Labute approximate surface area is 166 Å². The van der Waals surface area contributed by atoms with Crippen LogP contribution in [0.5, 0.6) is 0 Å². The smallest absolute Gasteiger partial charge is 0.394 e. The molecule has 0 radical (unpaired) electrons. The van der Waals surface area contributed by atoms with Crippen molar-refractivity contribution in [2.75, 3.05) is 38.3 Å². The van der Waals surface area contributed by atoms with Crippen LogP contribution in [0.2, 0.25) is 0 Å². The third-order valence-corrected chi connectivity index (χ3v) is 6.00. The van der Waals surface area contributed by atoms with Gasteiger partial charge in [-0.25, -0.2) is 9.98 Å². The number of amidine groups is 1. The molecule has 29 heavy (non-hydrogen) atoms. The number of aliphatic hydroxyl groups excluding tert-OH is 1. The van der Waals surface area contributed by atoms with Gasteiger partial charge in [0.2, 0.25) is 11.6 Å². The molecule has 0 saturated carbocycles. The number of aliphatic hydroxyl groups is 1. The largest absolute Gasteiger partial charge is 0.412 e. The van der Waals surface area contributed by atoms with Gasteiger partial charge in [-0.2, -0.15) is 14.7 Å².